The molecule has 0 bridgehead atoms. The van der Waals surface area contributed by atoms with E-state index >= 15 is 0 Å². The molecule has 1 saturated carbocycles. The highest BCUT2D eigenvalue weighted by Gasteiger charge is 2.46. The number of hydrogen-bond donors (Lipinski definition) is 2. The summed E-state index contributed by atoms with van der Waals surface area (Å²) in [4.78, 5) is 24.4. The molecule has 1 heterocycles. The molecule has 5 rings (SSSR count). The first kappa shape index (κ1) is 22.9. The first-order valence-corrected chi connectivity index (χ1v) is 11.6. The van der Waals surface area contributed by atoms with Gasteiger partial charge >= 0.3 is 12.1 Å². The number of aromatic carboxylic acids is 1. The third-order valence-corrected chi connectivity index (χ3v) is 6.93. The van der Waals surface area contributed by atoms with Crippen molar-refractivity contribution in [3.05, 3.63) is 94.4 Å². The topological polar surface area (TPSA) is 75.6 Å². The molecule has 1 aliphatic carbocycles. The van der Waals surface area contributed by atoms with Gasteiger partial charge in [0.25, 0.3) is 5.91 Å². The lowest BCUT2D eigenvalue weighted by molar-refractivity contribution is -0.137. The molecule has 35 heavy (non-hydrogen) atoms. The maximum absolute atomic E-state index is 13.3. The van der Waals surface area contributed by atoms with E-state index in [1.807, 2.05) is 6.07 Å². The second-order valence-corrected chi connectivity index (χ2v) is 9.24. The van der Waals surface area contributed by atoms with E-state index in [0.717, 1.165) is 22.4 Å². The summed E-state index contributed by atoms with van der Waals surface area (Å²) in [5, 5.41) is 14.4. The largest absolute Gasteiger partial charge is 0.478 e. The van der Waals surface area contributed by atoms with Crippen LogP contribution in [0, 0.1) is 0 Å². The van der Waals surface area contributed by atoms with Gasteiger partial charge in [-0.3, -0.25) is 4.79 Å². The SMILES string of the molecule is O=C(O)c1ccc(C2(NC(=O)c3csc4cccc(Oc5cccc(C(F)(F)F)c5)c34)CC2)cc1. The lowest BCUT2D eigenvalue weighted by Crippen LogP contribution is -2.34. The Hall–Kier alpha value is -3.85. The van der Waals surface area contributed by atoms with Gasteiger partial charge in [0, 0.05) is 15.5 Å². The zero-order valence-electron chi connectivity index (χ0n) is 18.1. The van der Waals surface area contributed by atoms with Gasteiger partial charge in [0.05, 0.1) is 22.2 Å². The summed E-state index contributed by atoms with van der Waals surface area (Å²) in [6.07, 6.45) is -3.08. The predicted octanol–water partition coefficient (Wildman–Crippen LogP) is 6.83. The van der Waals surface area contributed by atoms with E-state index < -0.39 is 23.2 Å². The first-order valence-electron chi connectivity index (χ1n) is 10.7. The van der Waals surface area contributed by atoms with Gasteiger partial charge in [-0.15, -0.1) is 11.3 Å². The third-order valence-electron chi connectivity index (χ3n) is 5.98. The summed E-state index contributed by atoms with van der Waals surface area (Å²) in [6.45, 7) is 0. The van der Waals surface area contributed by atoms with Gasteiger partial charge in [0.15, 0.2) is 0 Å². The zero-order valence-corrected chi connectivity index (χ0v) is 18.9. The average molecular weight is 497 g/mol. The number of carboxylic acids is 1. The lowest BCUT2D eigenvalue weighted by atomic mass is 10.0. The van der Waals surface area contributed by atoms with Crippen molar-refractivity contribution in [2.75, 3.05) is 0 Å². The third kappa shape index (κ3) is 4.46. The zero-order chi connectivity index (χ0) is 24.8. The van der Waals surface area contributed by atoms with Crippen LogP contribution in [0.25, 0.3) is 10.1 Å². The Bertz CT molecular complexity index is 1440. The van der Waals surface area contributed by atoms with Crippen LogP contribution in [0.3, 0.4) is 0 Å². The number of amides is 1. The van der Waals surface area contributed by atoms with Gasteiger partial charge in [-0.2, -0.15) is 13.2 Å². The molecule has 1 aromatic heterocycles. The van der Waals surface area contributed by atoms with E-state index in [9.17, 15) is 22.8 Å². The molecule has 0 atom stereocenters. The van der Waals surface area contributed by atoms with Gasteiger partial charge in [0.1, 0.15) is 11.5 Å². The second-order valence-electron chi connectivity index (χ2n) is 8.33. The number of ether oxygens (including phenoxy) is 1. The molecule has 1 fully saturated rings. The molecule has 0 unspecified atom stereocenters. The van der Waals surface area contributed by atoms with Crippen LogP contribution in [0.15, 0.2) is 72.1 Å². The van der Waals surface area contributed by atoms with Crippen LogP contribution in [-0.4, -0.2) is 17.0 Å². The summed E-state index contributed by atoms with van der Waals surface area (Å²) >= 11 is 1.34. The molecule has 0 radical (unpaired) electrons. The molecule has 0 saturated heterocycles. The fourth-order valence-corrected chi connectivity index (χ4v) is 4.95. The number of rotatable bonds is 6. The summed E-state index contributed by atoms with van der Waals surface area (Å²) in [6, 6.07) is 16.1. The van der Waals surface area contributed by atoms with E-state index in [1.165, 1.54) is 35.6 Å². The Morgan fingerprint density at radius 2 is 1.71 bits per heavy atom. The number of carbonyl (C=O) groups excluding carboxylic acids is 1. The number of fused-ring (bicyclic) bond motifs is 1. The lowest BCUT2D eigenvalue weighted by Gasteiger charge is -2.18. The standard InChI is InChI=1S/C26H18F3NO4S/c27-26(28,29)17-3-1-4-18(13-17)34-20-5-2-6-21-22(20)19(14-35-21)23(31)30-25(11-12-25)16-9-7-15(8-10-16)24(32)33/h1-10,13-14H,11-12H2,(H,30,31)(H,32,33). The van der Waals surface area contributed by atoms with Crippen LogP contribution >= 0.6 is 11.3 Å². The van der Waals surface area contributed by atoms with Crippen molar-refractivity contribution >= 4 is 33.3 Å². The molecular formula is C26H18F3NO4S. The fraction of sp³-hybridized carbons (Fsp3) is 0.154. The summed E-state index contributed by atoms with van der Waals surface area (Å²) in [5.74, 6) is -1.06. The molecule has 1 amide bonds. The van der Waals surface area contributed by atoms with Crippen molar-refractivity contribution in [3.8, 4) is 11.5 Å². The smallest absolute Gasteiger partial charge is 0.416 e. The van der Waals surface area contributed by atoms with Crippen molar-refractivity contribution < 1.29 is 32.6 Å². The van der Waals surface area contributed by atoms with Gasteiger partial charge in [-0.25, -0.2) is 4.79 Å². The summed E-state index contributed by atoms with van der Waals surface area (Å²) < 4.78 is 45.9. The van der Waals surface area contributed by atoms with Crippen LogP contribution in [0.2, 0.25) is 0 Å². The van der Waals surface area contributed by atoms with Gasteiger partial charge in [-0.05, 0) is 60.9 Å². The van der Waals surface area contributed by atoms with E-state index in [1.54, 1.807) is 29.6 Å². The maximum atomic E-state index is 13.3. The first-order chi connectivity index (χ1) is 16.7. The normalized spacial score (nSPS) is 14.5. The van der Waals surface area contributed by atoms with Gasteiger partial charge in [0.2, 0.25) is 0 Å². The fourth-order valence-electron chi connectivity index (χ4n) is 4.00. The molecule has 3 aromatic carbocycles. The van der Waals surface area contributed by atoms with E-state index in [4.69, 9.17) is 9.84 Å². The Morgan fingerprint density at radius 1 is 1.00 bits per heavy atom. The van der Waals surface area contributed by atoms with Crippen molar-refractivity contribution in [2.45, 2.75) is 24.6 Å². The Balaban J connectivity index is 1.44. The number of carboxylic acid groups (broad SMARTS) is 1. The summed E-state index contributed by atoms with van der Waals surface area (Å²) in [7, 11) is 0. The number of carbonyl (C=O) groups is 2. The number of halogens is 3. The van der Waals surface area contributed by atoms with E-state index in [0.29, 0.717) is 23.8 Å². The molecule has 178 valence electrons. The van der Waals surface area contributed by atoms with Crippen LogP contribution in [0.4, 0.5) is 13.2 Å². The van der Waals surface area contributed by atoms with Gasteiger partial charge < -0.3 is 15.2 Å². The number of benzene rings is 3. The van der Waals surface area contributed by atoms with Crippen LogP contribution in [0.5, 0.6) is 11.5 Å². The van der Waals surface area contributed by atoms with Crippen molar-refractivity contribution in [1.29, 1.82) is 0 Å². The summed E-state index contributed by atoms with van der Waals surface area (Å²) in [5.41, 5.74) is -0.0675. The van der Waals surface area contributed by atoms with Crippen molar-refractivity contribution in [2.24, 2.45) is 0 Å². The molecular weight excluding hydrogens is 479 g/mol. The quantitative estimate of drug-likeness (QED) is 0.306. The van der Waals surface area contributed by atoms with Crippen LogP contribution in [-0.2, 0) is 11.7 Å². The highest BCUT2D eigenvalue weighted by Crippen LogP contribution is 2.46. The minimum absolute atomic E-state index is 0.0158. The average Bonchev–Trinajstić information content (AvgIpc) is 3.47. The van der Waals surface area contributed by atoms with E-state index in [-0.39, 0.29) is 23.0 Å². The van der Waals surface area contributed by atoms with E-state index in [2.05, 4.69) is 5.32 Å². The minimum Gasteiger partial charge on any atom is -0.478 e. The molecule has 2 N–H and O–H groups in total. The molecule has 0 spiro atoms. The van der Waals surface area contributed by atoms with Crippen LogP contribution < -0.4 is 10.1 Å². The molecule has 1 aliphatic rings. The number of thiophene rings is 1. The van der Waals surface area contributed by atoms with Gasteiger partial charge in [-0.1, -0.05) is 24.3 Å². The monoisotopic (exact) mass is 497 g/mol. The number of nitrogens with one attached hydrogen (secondary N) is 1. The Morgan fingerprint density at radius 3 is 2.37 bits per heavy atom. The molecule has 0 aliphatic heterocycles. The van der Waals surface area contributed by atoms with Crippen molar-refractivity contribution in [3.63, 3.8) is 0 Å². The Labute approximate surface area is 201 Å². The van der Waals surface area contributed by atoms with Crippen molar-refractivity contribution in [1.82, 2.24) is 5.32 Å². The second kappa shape index (κ2) is 8.42. The highest BCUT2D eigenvalue weighted by molar-refractivity contribution is 7.17. The van der Waals surface area contributed by atoms with Crippen LogP contribution in [0.1, 0.15) is 44.7 Å². The maximum Gasteiger partial charge on any atom is 0.416 e. The Kier molecular flexibility index (Phi) is 5.52. The highest BCUT2D eigenvalue weighted by atomic mass is 32.1. The molecule has 9 heteroatoms. The number of alkyl halides is 3. The minimum atomic E-state index is -4.50. The molecule has 4 aromatic rings. The number of hydrogen-bond acceptors (Lipinski definition) is 4. The molecule has 5 nitrogen and oxygen atoms in total. The predicted molar refractivity (Wildman–Crippen MR) is 125 cm³/mol.